The van der Waals surface area contributed by atoms with Gasteiger partial charge in [0.1, 0.15) is 11.5 Å². The Morgan fingerprint density at radius 1 is 0.760 bits per heavy atom. The molecule has 2 aromatic carbocycles. The van der Waals surface area contributed by atoms with Gasteiger partial charge in [0, 0.05) is 0 Å². The predicted molar refractivity (Wildman–Crippen MR) is 106 cm³/mol. The zero-order valence-corrected chi connectivity index (χ0v) is 16.6. The van der Waals surface area contributed by atoms with Crippen LogP contribution in [0.15, 0.2) is 36.4 Å². The minimum Gasteiger partial charge on any atom is -0.508 e. The molecule has 0 fully saturated rings. The van der Waals surface area contributed by atoms with E-state index in [1.165, 1.54) is 11.1 Å². The van der Waals surface area contributed by atoms with Crippen molar-refractivity contribution in [1.82, 2.24) is 0 Å². The molecule has 0 aliphatic rings. The Balaban J connectivity index is 2.30. The minimum atomic E-state index is -0.0856. The van der Waals surface area contributed by atoms with Gasteiger partial charge < -0.3 is 10.2 Å². The van der Waals surface area contributed by atoms with Crippen molar-refractivity contribution in [2.75, 3.05) is 0 Å². The standard InChI is InChI=1S/C23H32O2/c1-15(17-9-11-21(25)19(14-17)23(5,6)7)12-16-8-10-20(24)18(13-16)22(2,3)4/h8-11,13-15,24-25H,12H2,1-7H3. The van der Waals surface area contributed by atoms with Crippen LogP contribution in [0.5, 0.6) is 11.5 Å². The van der Waals surface area contributed by atoms with Crippen molar-refractivity contribution in [2.24, 2.45) is 0 Å². The number of benzene rings is 2. The second-order valence-corrected chi connectivity index (χ2v) is 9.23. The maximum atomic E-state index is 10.2. The highest BCUT2D eigenvalue weighted by atomic mass is 16.3. The van der Waals surface area contributed by atoms with Crippen LogP contribution in [-0.2, 0) is 17.3 Å². The molecular formula is C23H32O2. The van der Waals surface area contributed by atoms with Crippen LogP contribution in [0.3, 0.4) is 0 Å². The fourth-order valence-electron chi connectivity index (χ4n) is 3.24. The maximum Gasteiger partial charge on any atom is 0.119 e. The van der Waals surface area contributed by atoms with E-state index in [0.717, 1.165) is 17.5 Å². The van der Waals surface area contributed by atoms with E-state index in [-0.39, 0.29) is 10.8 Å². The molecule has 0 aliphatic carbocycles. The average Bonchev–Trinajstić information content (AvgIpc) is 2.47. The van der Waals surface area contributed by atoms with Crippen LogP contribution in [0, 0.1) is 0 Å². The zero-order valence-electron chi connectivity index (χ0n) is 16.6. The molecule has 2 nitrogen and oxygen atoms in total. The van der Waals surface area contributed by atoms with Gasteiger partial charge in [-0.05, 0) is 57.6 Å². The Morgan fingerprint density at radius 2 is 1.24 bits per heavy atom. The molecule has 0 saturated carbocycles. The molecule has 0 aliphatic heterocycles. The third-order valence-corrected chi connectivity index (χ3v) is 4.81. The van der Waals surface area contributed by atoms with Gasteiger partial charge >= 0.3 is 0 Å². The smallest absolute Gasteiger partial charge is 0.119 e. The number of hydrogen-bond donors (Lipinski definition) is 2. The third kappa shape index (κ3) is 4.56. The van der Waals surface area contributed by atoms with Crippen molar-refractivity contribution < 1.29 is 10.2 Å². The summed E-state index contributed by atoms with van der Waals surface area (Å²) in [5.74, 6) is 1.06. The van der Waals surface area contributed by atoms with Gasteiger partial charge in [-0.1, -0.05) is 72.7 Å². The Morgan fingerprint density at radius 3 is 1.76 bits per heavy atom. The van der Waals surface area contributed by atoms with Crippen LogP contribution in [0.1, 0.15) is 76.6 Å². The molecule has 0 aromatic heterocycles. The van der Waals surface area contributed by atoms with E-state index in [1.54, 1.807) is 6.07 Å². The van der Waals surface area contributed by atoms with E-state index in [0.29, 0.717) is 17.4 Å². The number of hydrogen-bond acceptors (Lipinski definition) is 2. The van der Waals surface area contributed by atoms with Crippen LogP contribution >= 0.6 is 0 Å². The van der Waals surface area contributed by atoms with Crippen LogP contribution in [0.25, 0.3) is 0 Å². The summed E-state index contributed by atoms with van der Waals surface area (Å²) in [5.41, 5.74) is 4.25. The van der Waals surface area contributed by atoms with Crippen molar-refractivity contribution >= 4 is 0 Å². The molecule has 0 bridgehead atoms. The second kappa shape index (κ2) is 6.74. The molecule has 25 heavy (non-hydrogen) atoms. The summed E-state index contributed by atoms with van der Waals surface area (Å²) in [7, 11) is 0. The summed E-state index contributed by atoms with van der Waals surface area (Å²) >= 11 is 0. The zero-order chi connectivity index (χ0) is 19.0. The molecule has 1 unspecified atom stereocenters. The first-order valence-corrected chi connectivity index (χ1v) is 9.05. The molecule has 0 amide bonds. The molecule has 0 radical (unpaired) electrons. The molecule has 0 spiro atoms. The average molecular weight is 341 g/mol. The van der Waals surface area contributed by atoms with Crippen LogP contribution in [0.4, 0.5) is 0 Å². The first-order chi connectivity index (χ1) is 11.4. The Labute approximate surface area is 152 Å². The summed E-state index contributed by atoms with van der Waals surface area (Å²) < 4.78 is 0. The number of phenolic OH excluding ortho intramolecular Hbond substituents is 2. The van der Waals surface area contributed by atoms with Crippen molar-refractivity contribution in [2.45, 2.75) is 71.6 Å². The molecule has 2 aromatic rings. The quantitative estimate of drug-likeness (QED) is 0.715. The van der Waals surface area contributed by atoms with E-state index in [4.69, 9.17) is 0 Å². The van der Waals surface area contributed by atoms with E-state index in [2.05, 4.69) is 60.6 Å². The van der Waals surface area contributed by atoms with Crippen LogP contribution < -0.4 is 0 Å². The van der Waals surface area contributed by atoms with Crippen LogP contribution in [-0.4, -0.2) is 10.2 Å². The first-order valence-electron chi connectivity index (χ1n) is 9.05. The summed E-state index contributed by atoms with van der Waals surface area (Å²) in [4.78, 5) is 0. The lowest BCUT2D eigenvalue weighted by Crippen LogP contribution is -2.13. The van der Waals surface area contributed by atoms with Gasteiger partial charge in [0.05, 0.1) is 0 Å². The van der Waals surface area contributed by atoms with Gasteiger partial charge in [0.15, 0.2) is 0 Å². The highest BCUT2D eigenvalue weighted by Gasteiger charge is 2.21. The second-order valence-electron chi connectivity index (χ2n) is 9.23. The Bertz CT molecular complexity index is 746. The summed E-state index contributed by atoms with van der Waals surface area (Å²) in [6.07, 6.45) is 0.901. The SMILES string of the molecule is CC(Cc1ccc(O)c(C(C)(C)C)c1)c1ccc(O)c(C(C)(C)C)c1. The summed E-state index contributed by atoms with van der Waals surface area (Å²) in [6, 6.07) is 11.9. The molecule has 2 rings (SSSR count). The molecule has 2 heteroatoms. The Kier molecular flexibility index (Phi) is 5.22. The highest BCUT2D eigenvalue weighted by Crippen LogP contribution is 2.35. The number of rotatable bonds is 3. The first kappa shape index (κ1) is 19.4. The van der Waals surface area contributed by atoms with Gasteiger partial charge in [0.25, 0.3) is 0 Å². The van der Waals surface area contributed by atoms with Crippen LogP contribution in [0.2, 0.25) is 0 Å². The van der Waals surface area contributed by atoms with E-state index in [9.17, 15) is 10.2 Å². The lowest BCUT2D eigenvalue weighted by Gasteiger charge is -2.24. The predicted octanol–water partition coefficient (Wildman–Crippen LogP) is 6.04. The van der Waals surface area contributed by atoms with Crippen molar-refractivity contribution in [3.63, 3.8) is 0 Å². The fourth-order valence-corrected chi connectivity index (χ4v) is 3.24. The van der Waals surface area contributed by atoms with Crippen molar-refractivity contribution in [3.8, 4) is 11.5 Å². The molecular weight excluding hydrogens is 308 g/mol. The lowest BCUT2D eigenvalue weighted by molar-refractivity contribution is 0.444. The highest BCUT2D eigenvalue weighted by molar-refractivity contribution is 5.43. The third-order valence-electron chi connectivity index (χ3n) is 4.81. The van der Waals surface area contributed by atoms with Crippen molar-refractivity contribution in [1.29, 1.82) is 0 Å². The number of aromatic hydroxyl groups is 2. The molecule has 0 heterocycles. The topological polar surface area (TPSA) is 40.5 Å². The number of phenols is 2. The van der Waals surface area contributed by atoms with E-state index < -0.39 is 0 Å². The maximum absolute atomic E-state index is 10.2. The summed E-state index contributed by atoms with van der Waals surface area (Å²) in [5, 5.41) is 20.3. The minimum absolute atomic E-state index is 0.0821. The van der Waals surface area contributed by atoms with E-state index >= 15 is 0 Å². The monoisotopic (exact) mass is 340 g/mol. The largest absolute Gasteiger partial charge is 0.508 e. The molecule has 136 valence electrons. The normalized spacial score (nSPS) is 13.7. The van der Waals surface area contributed by atoms with E-state index in [1.807, 2.05) is 18.2 Å². The molecule has 0 saturated heterocycles. The lowest BCUT2D eigenvalue weighted by atomic mass is 9.82. The van der Waals surface area contributed by atoms with Gasteiger partial charge in [0.2, 0.25) is 0 Å². The fraction of sp³-hybridized carbons (Fsp3) is 0.478. The Hall–Kier alpha value is -1.96. The van der Waals surface area contributed by atoms with Gasteiger partial charge in [-0.25, -0.2) is 0 Å². The van der Waals surface area contributed by atoms with Gasteiger partial charge in [-0.2, -0.15) is 0 Å². The van der Waals surface area contributed by atoms with Crippen molar-refractivity contribution in [3.05, 3.63) is 58.7 Å². The molecule has 2 N–H and O–H groups in total. The summed E-state index contributed by atoms with van der Waals surface area (Å²) in [6.45, 7) is 14.9. The molecule has 1 atom stereocenters. The van der Waals surface area contributed by atoms with Gasteiger partial charge in [-0.3, -0.25) is 0 Å². The van der Waals surface area contributed by atoms with Gasteiger partial charge in [-0.15, -0.1) is 0 Å².